The van der Waals surface area contributed by atoms with Gasteiger partial charge in [0.25, 0.3) is 0 Å². The molecule has 0 aliphatic heterocycles. The van der Waals surface area contributed by atoms with Gasteiger partial charge in [-0.25, -0.2) is 4.98 Å². The van der Waals surface area contributed by atoms with Crippen molar-refractivity contribution in [2.45, 2.75) is 32.7 Å². The Bertz CT molecular complexity index is 829. The first kappa shape index (κ1) is 15.4. The van der Waals surface area contributed by atoms with Gasteiger partial charge in [0.15, 0.2) is 0 Å². The summed E-state index contributed by atoms with van der Waals surface area (Å²) in [5, 5.41) is 1.16. The lowest BCUT2D eigenvalue weighted by Crippen LogP contribution is -2.19. The van der Waals surface area contributed by atoms with Crippen molar-refractivity contribution in [2.24, 2.45) is 0 Å². The maximum Gasteiger partial charge on any atom is 0.115 e. The number of nitrogens with zero attached hydrogens (tertiary/aromatic N) is 2. The zero-order chi connectivity index (χ0) is 15.9. The van der Waals surface area contributed by atoms with E-state index < -0.39 is 0 Å². The second kappa shape index (κ2) is 5.60. The fourth-order valence-electron chi connectivity index (χ4n) is 2.63. The van der Waals surface area contributed by atoms with Gasteiger partial charge in [-0.3, -0.25) is 0 Å². The van der Waals surface area contributed by atoms with E-state index in [2.05, 4.69) is 37.5 Å². The molecule has 1 heterocycles. The van der Waals surface area contributed by atoms with E-state index in [0.717, 1.165) is 29.0 Å². The molecule has 22 heavy (non-hydrogen) atoms. The molecule has 0 aliphatic carbocycles. The lowest BCUT2D eigenvalue weighted by molar-refractivity contribution is 0.516. The predicted octanol–water partition coefficient (Wildman–Crippen LogP) is 5.69. The number of hydrogen-bond donors (Lipinski definition) is 0. The Hall–Kier alpha value is -1.51. The quantitative estimate of drug-likeness (QED) is 0.589. The summed E-state index contributed by atoms with van der Waals surface area (Å²) in [5.74, 6) is 1.07. The highest BCUT2D eigenvalue weighted by Crippen LogP contribution is 2.28. The SMILES string of the molecule is CC(C)(C)c1nc2ccccc2n1Cc1ccc(Cl)c(Cl)c1. The van der Waals surface area contributed by atoms with E-state index in [4.69, 9.17) is 28.2 Å². The summed E-state index contributed by atoms with van der Waals surface area (Å²) < 4.78 is 2.26. The van der Waals surface area contributed by atoms with Crippen LogP contribution in [0.5, 0.6) is 0 Å². The van der Waals surface area contributed by atoms with Gasteiger partial charge in [0, 0.05) is 12.0 Å². The normalized spacial score (nSPS) is 12.0. The maximum absolute atomic E-state index is 6.15. The van der Waals surface area contributed by atoms with E-state index in [-0.39, 0.29) is 5.41 Å². The first-order chi connectivity index (χ1) is 10.4. The van der Waals surface area contributed by atoms with Crippen molar-refractivity contribution in [1.82, 2.24) is 9.55 Å². The van der Waals surface area contributed by atoms with Crippen LogP contribution in [0.2, 0.25) is 10.0 Å². The molecule has 4 heteroatoms. The number of fused-ring (bicyclic) bond motifs is 1. The molecule has 0 N–H and O–H groups in total. The number of benzene rings is 2. The number of imidazole rings is 1. The van der Waals surface area contributed by atoms with Crippen LogP contribution in [0.1, 0.15) is 32.2 Å². The third kappa shape index (κ3) is 2.86. The van der Waals surface area contributed by atoms with Crippen LogP contribution in [0.3, 0.4) is 0 Å². The standard InChI is InChI=1S/C18H18Cl2N2/c1-18(2,3)17-21-15-6-4-5-7-16(15)22(17)11-12-8-9-13(19)14(20)10-12/h4-10H,11H2,1-3H3. The van der Waals surface area contributed by atoms with E-state index >= 15 is 0 Å². The molecule has 3 aromatic rings. The molecule has 0 saturated heterocycles. The van der Waals surface area contributed by atoms with Crippen LogP contribution in [0, 0.1) is 0 Å². The molecule has 0 atom stereocenters. The van der Waals surface area contributed by atoms with Gasteiger partial charge >= 0.3 is 0 Å². The minimum atomic E-state index is -0.0325. The summed E-state index contributed by atoms with van der Waals surface area (Å²) in [7, 11) is 0. The highest BCUT2D eigenvalue weighted by Gasteiger charge is 2.22. The molecule has 114 valence electrons. The average molecular weight is 333 g/mol. The predicted molar refractivity (Wildman–Crippen MR) is 94.0 cm³/mol. The fraction of sp³-hybridized carbons (Fsp3) is 0.278. The molecule has 0 saturated carbocycles. The molecule has 0 radical (unpaired) electrons. The van der Waals surface area contributed by atoms with E-state index in [1.54, 1.807) is 0 Å². The van der Waals surface area contributed by atoms with Gasteiger partial charge in [-0.05, 0) is 29.8 Å². The molecular weight excluding hydrogens is 315 g/mol. The van der Waals surface area contributed by atoms with Gasteiger partial charge in [-0.1, -0.05) is 62.2 Å². The molecule has 0 amide bonds. The zero-order valence-electron chi connectivity index (χ0n) is 12.9. The van der Waals surface area contributed by atoms with Crippen molar-refractivity contribution in [3.63, 3.8) is 0 Å². The second-order valence-electron chi connectivity index (χ2n) is 6.51. The Morgan fingerprint density at radius 1 is 1.00 bits per heavy atom. The summed E-state index contributed by atoms with van der Waals surface area (Å²) in [5.41, 5.74) is 3.24. The largest absolute Gasteiger partial charge is 0.323 e. The molecule has 0 fully saturated rings. The molecule has 0 bridgehead atoms. The van der Waals surface area contributed by atoms with Gasteiger partial charge in [0.2, 0.25) is 0 Å². The Labute approximate surface area is 140 Å². The molecule has 3 rings (SSSR count). The minimum absolute atomic E-state index is 0.0325. The van der Waals surface area contributed by atoms with Crippen molar-refractivity contribution < 1.29 is 0 Å². The van der Waals surface area contributed by atoms with Crippen molar-refractivity contribution in [3.8, 4) is 0 Å². The van der Waals surface area contributed by atoms with Gasteiger partial charge < -0.3 is 4.57 Å². The van der Waals surface area contributed by atoms with Crippen LogP contribution in [0.4, 0.5) is 0 Å². The van der Waals surface area contributed by atoms with Crippen LogP contribution < -0.4 is 0 Å². The van der Waals surface area contributed by atoms with Crippen LogP contribution in [-0.4, -0.2) is 9.55 Å². The first-order valence-electron chi connectivity index (χ1n) is 7.26. The molecule has 0 spiro atoms. The van der Waals surface area contributed by atoms with E-state index in [0.29, 0.717) is 10.0 Å². The number of aromatic nitrogens is 2. The Morgan fingerprint density at radius 2 is 1.73 bits per heavy atom. The number of hydrogen-bond acceptors (Lipinski definition) is 1. The molecule has 1 aromatic heterocycles. The van der Waals surface area contributed by atoms with Gasteiger partial charge in [0.05, 0.1) is 21.1 Å². The smallest absolute Gasteiger partial charge is 0.115 e. The topological polar surface area (TPSA) is 17.8 Å². The number of para-hydroxylation sites is 2. The number of halogens is 2. The van der Waals surface area contributed by atoms with Crippen LogP contribution >= 0.6 is 23.2 Å². The van der Waals surface area contributed by atoms with Crippen LogP contribution in [-0.2, 0) is 12.0 Å². The van der Waals surface area contributed by atoms with Gasteiger partial charge in [-0.2, -0.15) is 0 Å². The highest BCUT2D eigenvalue weighted by molar-refractivity contribution is 6.42. The zero-order valence-corrected chi connectivity index (χ0v) is 14.4. The Balaban J connectivity index is 2.14. The van der Waals surface area contributed by atoms with Crippen molar-refractivity contribution in [3.05, 3.63) is 63.9 Å². The summed E-state index contributed by atoms with van der Waals surface area (Å²) >= 11 is 12.2. The van der Waals surface area contributed by atoms with Crippen molar-refractivity contribution >= 4 is 34.2 Å². The molecule has 2 nitrogen and oxygen atoms in total. The molecule has 0 unspecified atom stereocenters. The van der Waals surface area contributed by atoms with Crippen molar-refractivity contribution in [2.75, 3.05) is 0 Å². The summed E-state index contributed by atoms with van der Waals surface area (Å²) in [6, 6.07) is 14.0. The first-order valence-corrected chi connectivity index (χ1v) is 8.01. The summed E-state index contributed by atoms with van der Waals surface area (Å²) in [6.45, 7) is 7.27. The third-order valence-corrected chi connectivity index (χ3v) is 4.39. The monoisotopic (exact) mass is 332 g/mol. The van der Waals surface area contributed by atoms with Crippen LogP contribution in [0.25, 0.3) is 11.0 Å². The Morgan fingerprint density at radius 3 is 2.41 bits per heavy atom. The average Bonchev–Trinajstić information content (AvgIpc) is 2.82. The lowest BCUT2D eigenvalue weighted by Gasteiger charge is -2.20. The van der Waals surface area contributed by atoms with E-state index in [9.17, 15) is 0 Å². The molecule has 0 aliphatic rings. The molecule has 2 aromatic carbocycles. The summed E-state index contributed by atoms with van der Waals surface area (Å²) in [4.78, 5) is 4.82. The number of rotatable bonds is 2. The van der Waals surface area contributed by atoms with Gasteiger partial charge in [-0.15, -0.1) is 0 Å². The van der Waals surface area contributed by atoms with Crippen LogP contribution in [0.15, 0.2) is 42.5 Å². The Kier molecular flexibility index (Phi) is 3.92. The lowest BCUT2D eigenvalue weighted by atomic mass is 9.95. The minimum Gasteiger partial charge on any atom is -0.323 e. The summed E-state index contributed by atoms with van der Waals surface area (Å²) in [6.07, 6.45) is 0. The van der Waals surface area contributed by atoms with E-state index in [1.165, 1.54) is 0 Å². The molecular formula is C18H18Cl2N2. The van der Waals surface area contributed by atoms with Gasteiger partial charge in [0.1, 0.15) is 5.82 Å². The fourth-order valence-corrected chi connectivity index (χ4v) is 2.95. The third-order valence-electron chi connectivity index (χ3n) is 3.65. The highest BCUT2D eigenvalue weighted by atomic mass is 35.5. The maximum atomic E-state index is 6.15. The second-order valence-corrected chi connectivity index (χ2v) is 7.32. The van der Waals surface area contributed by atoms with E-state index in [1.807, 2.05) is 30.3 Å². The van der Waals surface area contributed by atoms with Crippen molar-refractivity contribution in [1.29, 1.82) is 0 Å².